The summed E-state index contributed by atoms with van der Waals surface area (Å²) in [6.45, 7) is 1.95. The molecule has 1 heterocycles. The van der Waals surface area contributed by atoms with Gasteiger partial charge in [-0.05, 0) is 11.6 Å². The Bertz CT molecular complexity index is 551. The molecule has 0 amide bonds. The zero-order valence-corrected chi connectivity index (χ0v) is 11.0. The predicted molar refractivity (Wildman–Crippen MR) is 66.8 cm³/mol. The first-order valence-corrected chi connectivity index (χ1v) is 6.68. The molecule has 2 rings (SSSR count). The summed E-state index contributed by atoms with van der Waals surface area (Å²) >= 11 is 1.31. The quantitative estimate of drug-likeness (QED) is 0.872. The summed E-state index contributed by atoms with van der Waals surface area (Å²) in [4.78, 5) is 4.19. The van der Waals surface area contributed by atoms with Crippen molar-refractivity contribution in [3.63, 3.8) is 0 Å². The number of H-pyrrole nitrogens is 1. The maximum Gasteiger partial charge on any atom is 0.416 e. The number of aromatic nitrogens is 3. The highest BCUT2D eigenvalue weighted by molar-refractivity contribution is 7.98. The Morgan fingerprint density at radius 2 is 2.11 bits per heavy atom. The number of nitrogens with zero attached hydrogens (tertiary/aromatic N) is 2. The van der Waals surface area contributed by atoms with Crippen molar-refractivity contribution in [1.82, 2.24) is 15.2 Å². The van der Waals surface area contributed by atoms with Crippen LogP contribution in [0.15, 0.2) is 29.4 Å². The number of hydrogen-bond donors (Lipinski definition) is 1. The molecular weight excluding hydrogens is 275 g/mol. The Labute approximate surface area is 112 Å². The third-order valence-electron chi connectivity index (χ3n) is 2.47. The first-order chi connectivity index (χ1) is 8.99. The van der Waals surface area contributed by atoms with Crippen LogP contribution in [0.5, 0.6) is 0 Å². The second kappa shape index (κ2) is 5.64. The number of thioether (sulfide) groups is 1. The van der Waals surface area contributed by atoms with Gasteiger partial charge in [-0.15, -0.1) is 5.10 Å². The highest BCUT2D eigenvalue weighted by Crippen LogP contribution is 2.30. The molecule has 0 aliphatic heterocycles. The lowest BCUT2D eigenvalue weighted by Crippen LogP contribution is -2.04. The van der Waals surface area contributed by atoms with E-state index in [0.717, 1.165) is 24.4 Å². The zero-order chi connectivity index (χ0) is 13.9. The second-order valence-corrected chi connectivity index (χ2v) is 4.85. The molecule has 102 valence electrons. The summed E-state index contributed by atoms with van der Waals surface area (Å²) in [5.74, 6) is 1.18. The van der Waals surface area contributed by atoms with Crippen molar-refractivity contribution in [3.05, 3.63) is 41.2 Å². The molecule has 0 atom stereocenters. The smallest absolute Gasteiger partial charge is 0.262 e. The molecule has 1 N–H and O–H groups in total. The van der Waals surface area contributed by atoms with Crippen molar-refractivity contribution in [2.45, 2.75) is 30.4 Å². The van der Waals surface area contributed by atoms with Crippen LogP contribution in [-0.2, 0) is 18.3 Å². The summed E-state index contributed by atoms with van der Waals surface area (Å²) < 4.78 is 37.6. The molecule has 0 aliphatic carbocycles. The van der Waals surface area contributed by atoms with Crippen molar-refractivity contribution >= 4 is 11.8 Å². The predicted octanol–water partition coefficient (Wildman–Crippen LogP) is 3.68. The summed E-state index contributed by atoms with van der Waals surface area (Å²) in [5.41, 5.74) is -0.0301. The third-order valence-corrected chi connectivity index (χ3v) is 3.39. The SMILES string of the molecule is CCc1nc(SCc2cccc(C(F)(F)F)c2)n[nH]1. The minimum absolute atomic E-state index is 0.408. The van der Waals surface area contributed by atoms with Crippen LogP contribution >= 0.6 is 11.8 Å². The third kappa shape index (κ3) is 3.73. The number of aryl methyl sites for hydroxylation is 1. The van der Waals surface area contributed by atoms with Crippen LogP contribution in [0.4, 0.5) is 13.2 Å². The zero-order valence-electron chi connectivity index (χ0n) is 10.2. The van der Waals surface area contributed by atoms with E-state index in [-0.39, 0.29) is 0 Å². The Morgan fingerprint density at radius 3 is 2.74 bits per heavy atom. The van der Waals surface area contributed by atoms with Crippen LogP contribution in [0.3, 0.4) is 0 Å². The number of halogens is 3. The van der Waals surface area contributed by atoms with Gasteiger partial charge in [0.2, 0.25) is 5.16 Å². The molecule has 0 spiro atoms. The number of nitrogens with one attached hydrogen (secondary N) is 1. The van der Waals surface area contributed by atoms with E-state index in [9.17, 15) is 13.2 Å². The Kier molecular flexibility index (Phi) is 4.14. The second-order valence-electron chi connectivity index (χ2n) is 3.91. The van der Waals surface area contributed by atoms with Crippen molar-refractivity contribution in [3.8, 4) is 0 Å². The Hall–Kier alpha value is -1.50. The fraction of sp³-hybridized carbons (Fsp3) is 0.333. The van der Waals surface area contributed by atoms with Crippen LogP contribution in [0.2, 0.25) is 0 Å². The van der Waals surface area contributed by atoms with E-state index in [2.05, 4.69) is 15.2 Å². The summed E-state index contributed by atoms with van der Waals surface area (Å²) in [6.07, 6.45) is -3.56. The van der Waals surface area contributed by atoms with Crippen LogP contribution in [0.25, 0.3) is 0 Å². The van der Waals surface area contributed by atoms with E-state index in [1.165, 1.54) is 17.8 Å². The van der Waals surface area contributed by atoms with Gasteiger partial charge >= 0.3 is 6.18 Å². The van der Waals surface area contributed by atoms with E-state index in [0.29, 0.717) is 16.5 Å². The normalized spacial score (nSPS) is 11.8. The van der Waals surface area contributed by atoms with Crippen LogP contribution in [0.1, 0.15) is 23.9 Å². The largest absolute Gasteiger partial charge is 0.416 e. The van der Waals surface area contributed by atoms with Gasteiger partial charge in [0, 0.05) is 12.2 Å². The molecule has 1 aromatic heterocycles. The van der Waals surface area contributed by atoms with Gasteiger partial charge < -0.3 is 0 Å². The van der Waals surface area contributed by atoms with Gasteiger partial charge in [0.05, 0.1) is 5.56 Å². The molecule has 1 aromatic carbocycles. The molecule has 0 saturated carbocycles. The molecule has 0 unspecified atom stereocenters. The van der Waals surface area contributed by atoms with Gasteiger partial charge in [-0.2, -0.15) is 13.2 Å². The standard InChI is InChI=1S/C12H12F3N3S/c1-2-10-16-11(18-17-10)19-7-8-4-3-5-9(6-8)12(13,14)15/h3-6H,2,7H2,1H3,(H,16,17,18). The molecule has 19 heavy (non-hydrogen) atoms. The Balaban J connectivity index is 2.03. The lowest BCUT2D eigenvalue weighted by molar-refractivity contribution is -0.137. The van der Waals surface area contributed by atoms with E-state index in [4.69, 9.17) is 0 Å². The summed E-state index contributed by atoms with van der Waals surface area (Å²) in [7, 11) is 0. The Morgan fingerprint density at radius 1 is 1.32 bits per heavy atom. The average molecular weight is 287 g/mol. The van der Waals surface area contributed by atoms with Gasteiger partial charge in [-0.25, -0.2) is 4.98 Å². The monoisotopic (exact) mass is 287 g/mol. The highest BCUT2D eigenvalue weighted by Gasteiger charge is 2.30. The fourth-order valence-corrected chi connectivity index (χ4v) is 2.25. The van der Waals surface area contributed by atoms with Crippen LogP contribution in [-0.4, -0.2) is 15.2 Å². The number of rotatable bonds is 4. The first kappa shape index (κ1) is 13.9. The van der Waals surface area contributed by atoms with Crippen molar-refractivity contribution < 1.29 is 13.2 Å². The topological polar surface area (TPSA) is 41.6 Å². The minimum atomic E-state index is -4.30. The summed E-state index contributed by atoms with van der Waals surface area (Å²) in [6, 6.07) is 5.29. The summed E-state index contributed by atoms with van der Waals surface area (Å²) in [5, 5.41) is 7.29. The average Bonchev–Trinajstić information content (AvgIpc) is 2.84. The number of hydrogen-bond acceptors (Lipinski definition) is 3. The fourth-order valence-electron chi connectivity index (χ4n) is 1.49. The molecule has 0 fully saturated rings. The van der Waals surface area contributed by atoms with Gasteiger partial charge in [-0.1, -0.05) is 36.9 Å². The highest BCUT2D eigenvalue weighted by atomic mass is 32.2. The van der Waals surface area contributed by atoms with Crippen molar-refractivity contribution in [2.24, 2.45) is 0 Å². The number of alkyl halides is 3. The van der Waals surface area contributed by atoms with E-state index in [1.807, 2.05) is 6.92 Å². The van der Waals surface area contributed by atoms with Crippen LogP contribution in [0, 0.1) is 0 Å². The van der Waals surface area contributed by atoms with Gasteiger partial charge in [0.1, 0.15) is 5.82 Å². The molecule has 0 radical (unpaired) electrons. The van der Waals surface area contributed by atoms with Gasteiger partial charge in [-0.3, -0.25) is 5.10 Å². The molecule has 2 aromatic rings. The van der Waals surface area contributed by atoms with E-state index in [1.54, 1.807) is 6.07 Å². The molecule has 0 aliphatic rings. The van der Waals surface area contributed by atoms with Crippen molar-refractivity contribution in [2.75, 3.05) is 0 Å². The molecule has 0 bridgehead atoms. The van der Waals surface area contributed by atoms with E-state index < -0.39 is 11.7 Å². The minimum Gasteiger partial charge on any atom is -0.262 e. The lowest BCUT2D eigenvalue weighted by atomic mass is 10.1. The molecule has 0 saturated heterocycles. The van der Waals surface area contributed by atoms with Crippen molar-refractivity contribution in [1.29, 1.82) is 0 Å². The lowest BCUT2D eigenvalue weighted by Gasteiger charge is -2.07. The van der Waals surface area contributed by atoms with Gasteiger partial charge in [0.15, 0.2) is 0 Å². The molecule has 3 nitrogen and oxygen atoms in total. The number of aromatic amines is 1. The first-order valence-electron chi connectivity index (χ1n) is 5.69. The number of benzene rings is 1. The maximum absolute atomic E-state index is 12.5. The maximum atomic E-state index is 12.5. The van der Waals surface area contributed by atoms with E-state index >= 15 is 0 Å². The molecular formula is C12H12F3N3S. The van der Waals surface area contributed by atoms with Crippen LogP contribution < -0.4 is 0 Å². The van der Waals surface area contributed by atoms with Gasteiger partial charge in [0.25, 0.3) is 0 Å². The molecule has 7 heteroatoms.